The predicted molar refractivity (Wildman–Crippen MR) is 116 cm³/mol. The summed E-state index contributed by atoms with van der Waals surface area (Å²) in [5.74, 6) is 0. The zero-order valence-electron chi connectivity index (χ0n) is 16.7. The Kier molecular flexibility index (Phi) is 5.84. The number of halogens is 1. The van der Waals surface area contributed by atoms with Crippen LogP contribution in [0.4, 0.5) is 22.7 Å². The monoisotopic (exact) mass is 444 g/mol. The van der Waals surface area contributed by atoms with Gasteiger partial charge in [0.05, 0.1) is 15.1 Å². The van der Waals surface area contributed by atoms with Crippen LogP contribution in [-0.4, -0.2) is 17.0 Å². The molecule has 7 heteroatoms. The zero-order valence-corrected chi connectivity index (χ0v) is 18.3. The van der Waals surface area contributed by atoms with Crippen molar-refractivity contribution < 1.29 is 4.92 Å². The molecule has 0 amide bonds. The summed E-state index contributed by atoms with van der Waals surface area (Å²) in [5, 5.41) is 19.8. The van der Waals surface area contributed by atoms with Crippen LogP contribution in [0.1, 0.15) is 44.7 Å². The molecule has 0 bridgehead atoms. The average Bonchev–Trinajstić information content (AvgIpc) is 2.87. The first kappa shape index (κ1) is 20.5. The summed E-state index contributed by atoms with van der Waals surface area (Å²) in [7, 11) is 0. The first-order valence-corrected chi connectivity index (χ1v) is 10.3. The lowest BCUT2D eigenvalue weighted by Gasteiger charge is -2.34. The second-order valence-electron chi connectivity index (χ2n) is 7.88. The Bertz CT molecular complexity index is 940. The molecule has 3 rings (SSSR count). The molecule has 0 spiro atoms. The van der Waals surface area contributed by atoms with Gasteiger partial charge >= 0.3 is 0 Å². The normalized spacial score (nSPS) is 15.2. The van der Waals surface area contributed by atoms with E-state index in [-0.39, 0.29) is 16.9 Å². The molecule has 2 aromatic carbocycles. The molecule has 1 aliphatic heterocycles. The van der Waals surface area contributed by atoms with Crippen molar-refractivity contribution in [2.24, 2.45) is 10.2 Å². The number of anilines is 1. The molecule has 2 aromatic rings. The van der Waals surface area contributed by atoms with Gasteiger partial charge in [-0.2, -0.15) is 5.11 Å². The van der Waals surface area contributed by atoms with Crippen LogP contribution >= 0.6 is 15.9 Å². The van der Waals surface area contributed by atoms with Gasteiger partial charge in [0.15, 0.2) is 5.69 Å². The van der Waals surface area contributed by atoms with E-state index in [1.165, 1.54) is 23.7 Å². The highest BCUT2D eigenvalue weighted by molar-refractivity contribution is 9.10. The third-order valence-corrected chi connectivity index (χ3v) is 5.70. The van der Waals surface area contributed by atoms with E-state index in [9.17, 15) is 10.1 Å². The van der Waals surface area contributed by atoms with Crippen molar-refractivity contribution in [1.82, 2.24) is 0 Å². The van der Waals surface area contributed by atoms with E-state index in [0.29, 0.717) is 10.2 Å². The number of rotatable bonds is 6. The quantitative estimate of drug-likeness (QED) is 0.272. The predicted octanol–water partition coefficient (Wildman–Crippen LogP) is 7.02. The maximum Gasteiger partial charge on any atom is 0.298 e. The lowest BCUT2D eigenvalue weighted by molar-refractivity contribution is -0.384. The Morgan fingerprint density at radius 2 is 2.00 bits per heavy atom. The van der Waals surface area contributed by atoms with E-state index < -0.39 is 4.92 Å². The van der Waals surface area contributed by atoms with E-state index >= 15 is 0 Å². The number of hydrogen-bond donors (Lipinski definition) is 0. The highest BCUT2D eigenvalue weighted by Crippen LogP contribution is 2.41. The fourth-order valence-electron chi connectivity index (χ4n) is 3.73. The molecule has 0 aromatic heterocycles. The molecule has 1 heterocycles. The summed E-state index contributed by atoms with van der Waals surface area (Å²) >= 11 is 3.37. The standard InChI is InChI=1S/C21H25BrN4O2/c1-5-6-9-25-18-8-7-16(12-15(18)13-21(25,3)4)23-24-20-17(22)10-14(2)11-19(20)26(27)28/h7-8,10-12H,5-6,9,13H2,1-4H3. The van der Waals surface area contributed by atoms with Gasteiger partial charge in [0.1, 0.15) is 0 Å². The second kappa shape index (κ2) is 7.99. The van der Waals surface area contributed by atoms with Gasteiger partial charge in [-0.1, -0.05) is 13.3 Å². The van der Waals surface area contributed by atoms with E-state index in [4.69, 9.17) is 0 Å². The van der Waals surface area contributed by atoms with Crippen LogP contribution in [0.3, 0.4) is 0 Å². The highest BCUT2D eigenvalue weighted by Gasteiger charge is 2.35. The van der Waals surface area contributed by atoms with Crippen molar-refractivity contribution in [3.8, 4) is 0 Å². The van der Waals surface area contributed by atoms with Crippen LogP contribution in [0.2, 0.25) is 0 Å². The van der Waals surface area contributed by atoms with Gasteiger partial charge in [-0.3, -0.25) is 10.1 Å². The van der Waals surface area contributed by atoms with Gasteiger partial charge in [0.25, 0.3) is 5.69 Å². The Hall–Kier alpha value is -2.28. The van der Waals surface area contributed by atoms with E-state index in [1.54, 1.807) is 6.07 Å². The minimum Gasteiger partial charge on any atom is -0.366 e. The number of aryl methyl sites for hydroxylation is 1. The Balaban J connectivity index is 1.92. The summed E-state index contributed by atoms with van der Waals surface area (Å²) in [6.07, 6.45) is 3.28. The molecule has 0 saturated carbocycles. The summed E-state index contributed by atoms with van der Waals surface area (Å²) < 4.78 is 0.566. The molecule has 6 nitrogen and oxygen atoms in total. The minimum absolute atomic E-state index is 0.0522. The number of nitrogens with zero attached hydrogens (tertiary/aromatic N) is 4. The zero-order chi connectivity index (χ0) is 20.5. The third kappa shape index (κ3) is 4.09. The molecule has 0 unspecified atom stereocenters. The van der Waals surface area contributed by atoms with Crippen LogP contribution < -0.4 is 4.90 Å². The van der Waals surface area contributed by atoms with Crippen LogP contribution in [0.15, 0.2) is 45.0 Å². The first-order chi connectivity index (χ1) is 13.2. The fourth-order valence-corrected chi connectivity index (χ4v) is 4.37. The molecule has 0 aliphatic carbocycles. The number of unbranched alkanes of at least 4 members (excludes halogenated alkanes) is 1. The summed E-state index contributed by atoms with van der Waals surface area (Å²) in [6, 6.07) is 9.37. The van der Waals surface area contributed by atoms with Crippen LogP contribution in [0.5, 0.6) is 0 Å². The van der Waals surface area contributed by atoms with Gasteiger partial charge in [0.2, 0.25) is 0 Å². The minimum atomic E-state index is -0.428. The molecule has 1 aliphatic rings. The first-order valence-electron chi connectivity index (χ1n) is 9.50. The van der Waals surface area contributed by atoms with Gasteiger partial charge in [-0.15, -0.1) is 5.11 Å². The van der Waals surface area contributed by atoms with Gasteiger partial charge in [-0.25, -0.2) is 0 Å². The summed E-state index contributed by atoms with van der Waals surface area (Å²) in [6.45, 7) is 9.58. The van der Waals surface area contributed by atoms with E-state index in [2.05, 4.69) is 57.9 Å². The van der Waals surface area contributed by atoms with Crippen molar-refractivity contribution in [2.75, 3.05) is 11.4 Å². The molecule has 0 N–H and O–H groups in total. The van der Waals surface area contributed by atoms with Crippen LogP contribution in [-0.2, 0) is 6.42 Å². The Morgan fingerprint density at radius 3 is 2.68 bits per heavy atom. The molecular formula is C21H25BrN4O2. The summed E-state index contributed by atoms with van der Waals surface area (Å²) in [5.41, 5.74) is 4.25. The number of benzene rings is 2. The van der Waals surface area contributed by atoms with Crippen molar-refractivity contribution in [3.05, 3.63) is 56.0 Å². The van der Waals surface area contributed by atoms with Crippen molar-refractivity contribution in [1.29, 1.82) is 0 Å². The van der Waals surface area contributed by atoms with Crippen LogP contribution in [0.25, 0.3) is 0 Å². The topological polar surface area (TPSA) is 71.1 Å². The average molecular weight is 445 g/mol. The maximum absolute atomic E-state index is 11.4. The Morgan fingerprint density at radius 1 is 1.25 bits per heavy atom. The number of hydrogen-bond acceptors (Lipinski definition) is 5. The molecule has 28 heavy (non-hydrogen) atoms. The third-order valence-electron chi connectivity index (χ3n) is 5.09. The van der Waals surface area contributed by atoms with Crippen molar-refractivity contribution in [3.63, 3.8) is 0 Å². The van der Waals surface area contributed by atoms with Gasteiger partial charge < -0.3 is 4.90 Å². The number of nitro groups is 1. The molecule has 0 fully saturated rings. The molecule has 148 valence electrons. The van der Waals surface area contributed by atoms with Crippen molar-refractivity contribution >= 4 is 38.7 Å². The number of fused-ring (bicyclic) bond motifs is 1. The number of azo groups is 1. The van der Waals surface area contributed by atoms with Crippen LogP contribution in [0, 0.1) is 17.0 Å². The lowest BCUT2D eigenvalue weighted by Crippen LogP contribution is -2.41. The van der Waals surface area contributed by atoms with E-state index in [0.717, 1.165) is 24.9 Å². The highest BCUT2D eigenvalue weighted by atomic mass is 79.9. The maximum atomic E-state index is 11.4. The Labute approximate surface area is 173 Å². The molecular weight excluding hydrogens is 420 g/mol. The second-order valence-corrected chi connectivity index (χ2v) is 8.73. The lowest BCUT2D eigenvalue weighted by atomic mass is 9.99. The molecule has 0 saturated heterocycles. The van der Waals surface area contributed by atoms with Gasteiger partial charge in [0, 0.05) is 23.8 Å². The number of nitro benzene ring substituents is 1. The smallest absolute Gasteiger partial charge is 0.298 e. The SMILES string of the molecule is CCCCN1c2ccc(N=Nc3c(Br)cc(C)cc3[N+](=O)[O-])cc2CC1(C)C. The van der Waals surface area contributed by atoms with E-state index in [1.807, 2.05) is 19.1 Å². The van der Waals surface area contributed by atoms with Crippen molar-refractivity contribution in [2.45, 2.75) is 52.5 Å². The summed E-state index contributed by atoms with van der Waals surface area (Å²) in [4.78, 5) is 13.4. The molecule has 0 radical (unpaired) electrons. The van der Waals surface area contributed by atoms with Gasteiger partial charge in [-0.05, 0) is 84.9 Å². The fraction of sp³-hybridized carbons (Fsp3) is 0.429. The molecule has 0 atom stereocenters. The largest absolute Gasteiger partial charge is 0.366 e.